The third-order valence-electron chi connectivity index (χ3n) is 5.79. The van der Waals surface area contributed by atoms with Crippen LogP contribution in [-0.4, -0.2) is 21.9 Å². The molecule has 3 aromatic rings. The Morgan fingerprint density at radius 1 is 0.968 bits per heavy atom. The molecule has 0 aliphatic carbocycles. The van der Waals surface area contributed by atoms with Gasteiger partial charge in [0, 0.05) is 25.0 Å². The van der Waals surface area contributed by atoms with Crippen LogP contribution in [0.4, 0.5) is 4.39 Å². The second-order valence-corrected chi connectivity index (χ2v) is 8.09. The van der Waals surface area contributed by atoms with Crippen molar-refractivity contribution in [2.24, 2.45) is 0 Å². The van der Waals surface area contributed by atoms with Crippen LogP contribution in [0, 0.1) is 5.82 Å². The van der Waals surface area contributed by atoms with Crippen LogP contribution in [0.15, 0.2) is 72.9 Å². The van der Waals surface area contributed by atoms with Gasteiger partial charge in [0.05, 0.1) is 12.5 Å². The fourth-order valence-corrected chi connectivity index (χ4v) is 4.01. The van der Waals surface area contributed by atoms with Crippen molar-refractivity contribution in [2.75, 3.05) is 6.54 Å². The molecule has 0 aliphatic heterocycles. The highest BCUT2D eigenvalue weighted by Crippen LogP contribution is 2.24. The molecule has 0 saturated carbocycles. The first kappa shape index (κ1) is 22.8. The zero-order valence-corrected chi connectivity index (χ0v) is 18.6. The van der Waals surface area contributed by atoms with Crippen molar-refractivity contribution in [3.8, 4) is 0 Å². The number of rotatable bonds is 11. The number of amides is 1. The molecule has 0 saturated heterocycles. The van der Waals surface area contributed by atoms with Gasteiger partial charge in [-0.15, -0.1) is 0 Å². The van der Waals surface area contributed by atoms with Crippen molar-refractivity contribution < 1.29 is 9.18 Å². The van der Waals surface area contributed by atoms with Crippen LogP contribution in [0.2, 0.25) is 0 Å². The number of aromatic nitrogens is 1. The van der Waals surface area contributed by atoms with Gasteiger partial charge in [-0.2, -0.15) is 0 Å². The van der Waals surface area contributed by atoms with Crippen LogP contribution in [0.1, 0.15) is 62.3 Å². The standard InChI is InChI=1S/C27H33FN2O/c1-3-5-9-18-30(27(31)26(4-2)23-11-7-6-8-12-23)21-25-13-10-19-29(25)20-22-14-16-24(28)17-15-22/h6-8,10-17,19,26H,3-5,9,18,20-21H2,1-2H3. The van der Waals surface area contributed by atoms with Crippen LogP contribution in [0.25, 0.3) is 0 Å². The van der Waals surface area contributed by atoms with Gasteiger partial charge in [-0.25, -0.2) is 4.39 Å². The van der Waals surface area contributed by atoms with Crippen LogP contribution < -0.4 is 0 Å². The quantitative estimate of drug-likeness (QED) is 0.330. The van der Waals surface area contributed by atoms with E-state index in [-0.39, 0.29) is 17.6 Å². The number of halogens is 1. The van der Waals surface area contributed by atoms with E-state index in [0.717, 1.165) is 49.0 Å². The van der Waals surface area contributed by atoms with E-state index in [2.05, 4.69) is 24.5 Å². The number of nitrogens with zero attached hydrogens (tertiary/aromatic N) is 2. The molecule has 31 heavy (non-hydrogen) atoms. The Balaban J connectivity index is 1.79. The maximum atomic E-state index is 13.6. The van der Waals surface area contributed by atoms with E-state index in [4.69, 9.17) is 0 Å². The first-order chi connectivity index (χ1) is 15.1. The zero-order valence-electron chi connectivity index (χ0n) is 18.6. The van der Waals surface area contributed by atoms with Gasteiger partial charge in [0.1, 0.15) is 5.82 Å². The van der Waals surface area contributed by atoms with Crippen LogP contribution in [0.3, 0.4) is 0 Å². The molecule has 4 heteroatoms. The highest BCUT2D eigenvalue weighted by Gasteiger charge is 2.25. The molecule has 0 bridgehead atoms. The van der Waals surface area contributed by atoms with Crippen molar-refractivity contribution in [3.05, 3.63) is 95.6 Å². The second-order valence-electron chi connectivity index (χ2n) is 8.09. The van der Waals surface area contributed by atoms with E-state index in [0.29, 0.717) is 13.1 Å². The van der Waals surface area contributed by atoms with E-state index in [1.165, 1.54) is 12.1 Å². The summed E-state index contributed by atoms with van der Waals surface area (Å²) in [6, 6.07) is 20.8. The molecule has 0 aliphatic rings. The average molecular weight is 421 g/mol. The lowest BCUT2D eigenvalue weighted by Crippen LogP contribution is -2.36. The van der Waals surface area contributed by atoms with Gasteiger partial charge in [-0.1, -0.05) is 69.2 Å². The predicted molar refractivity (Wildman–Crippen MR) is 124 cm³/mol. The third-order valence-corrected chi connectivity index (χ3v) is 5.79. The summed E-state index contributed by atoms with van der Waals surface area (Å²) in [6.45, 7) is 6.27. The molecule has 2 aromatic carbocycles. The smallest absolute Gasteiger partial charge is 0.230 e. The highest BCUT2D eigenvalue weighted by atomic mass is 19.1. The first-order valence-electron chi connectivity index (χ1n) is 11.3. The molecule has 0 spiro atoms. The third kappa shape index (κ3) is 6.30. The predicted octanol–water partition coefficient (Wildman–Crippen LogP) is 6.39. The van der Waals surface area contributed by atoms with Gasteiger partial charge in [0.2, 0.25) is 5.91 Å². The Bertz CT molecular complexity index is 933. The minimum Gasteiger partial charge on any atom is -0.345 e. The van der Waals surface area contributed by atoms with E-state index in [1.54, 1.807) is 0 Å². The summed E-state index contributed by atoms with van der Waals surface area (Å²) >= 11 is 0. The highest BCUT2D eigenvalue weighted by molar-refractivity contribution is 5.83. The molecule has 1 atom stereocenters. The molecule has 0 radical (unpaired) electrons. The van der Waals surface area contributed by atoms with Crippen molar-refractivity contribution >= 4 is 5.91 Å². The topological polar surface area (TPSA) is 25.2 Å². The maximum Gasteiger partial charge on any atom is 0.230 e. The number of benzene rings is 2. The molecule has 164 valence electrons. The monoisotopic (exact) mass is 420 g/mol. The van der Waals surface area contributed by atoms with E-state index in [9.17, 15) is 9.18 Å². The molecule has 1 heterocycles. The molecule has 1 amide bonds. The van der Waals surface area contributed by atoms with Gasteiger partial charge in [0.15, 0.2) is 0 Å². The summed E-state index contributed by atoms with van der Waals surface area (Å²) in [5, 5.41) is 0. The second kappa shape index (κ2) is 11.5. The number of carbonyl (C=O) groups is 1. The number of hydrogen-bond acceptors (Lipinski definition) is 1. The van der Waals surface area contributed by atoms with Gasteiger partial charge in [-0.05, 0) is 48.2 Å². The molecule has 1 aromatic heterocycles. The minimum atomic E-state index is -0.226. The lowest BCUT2D eigenvalue weighted by atomic mass is 9.94. The van der Waals surface area contributed by atoms with E-state index < -0.39 is 0 Å². The Morgan fingerprint density at radius 2 is 1.71 bits per heavy atom. The molecule has 0 N–H and O–H groups in total. The van der Waals surface area contributed by atoms with E-state index >= 15 is 0 Å². The maximum absolute atomic E-state index is 13.6. The van der Waals surface area contributed by atoms with Gasteiger partial charge < -0.3 is 9.47 Å². The molecular formula is C27H33FN2O. The molecule has 3 nitrogen and oxygen atoms in total. The summed E-state index contributed by atoms with van der Waals surface area (Å²) in [7, 11) is 0. The van der Waals surface area contributed by atoms with Crippen molar-refractivity contribution in [1.29, 1.82) is 0 Å². The van der Waals surface area contributed by atoms with Crippen molar-refractivity contribution in [2.45, 2.75) is 58.5 Å². The minimum absolute atomic E-state index is 0.122. The van der Waals surface area contributed by atoms with Gasteiger partial charge >= 0.3 is 0 Å². The molecule has 1 unspecified atom stereocenters. The number of unbranched alkanes of at least 4 members (excludes halogenated alkanes) is 2. The largest absolute Gasteiger partial charge is 0.345 e. The Labute approximate surface area is 185 Å². The lowest BCUT2D eigenvalue weighted by Gasteiger charge is -2.28. The van der Waals surface area contributed by atoms with Crippen molar-refractivity contribution in [1.82, 2.24) is 9.47 Å². The van der Waals surface area contributed by atoms with E-state index in [1.807, 2.05) is 59.6 Å². The normalized spacial score (nSPS) is 12.0. The Kier molecular flexibility index (Phi) is 8.45. The summed E-state index contributed by atoms with van der Waals surface area (Å²) in [4.78, 5) is 15.6. The summed E-state index contributed by atoms with van der Waals surface area (Å²) in [6.07, 6.45) is 6.05. The lowest BCUT2D eigenvalue weighted by molar-refractivity contribution is -0.133. The Morgan fingerprint density at radius 3 is 2.39 bits per heavy atom. The zero-order chi connectivity index (χ0) is 22.1. The Hall–Kier alpha value is -2.88. The van der Waals surface area contributed by atoms with Gasteiger partial charge in [0.25, 0.3) is 0 Å². The summed E-state index contributed by atoms with van der Waals surface area (Å²) in [5.41, 5.74) is 3.22. The SMILES string of the molecule is CCCCCN(Cc1cccn1Cc1ccc(F)cc1)C(=O)C(CC)c1ccccc1. The summed E-state index contributed by atoms with van der Waals surface area (Å²) < 4.78 is 15.4. The van der Waals surface area contributed by atoms with Crippen LogP contribution in [-0.2, 0) is 17.9 Å². The fourth-order valence-electron chi connectivity index (χ4n) is 4.01. The molecule has 3 rings (SSSR count). The average Bonchev–Trinajstić information content (AvgIpc) is 3.22. The van der Waals surface area contributed by atoms with Crippen LogP contribution >= 0.6 is 0 Å². The van der Waals surface area contributed by atoms with Crippen molar-refractivity contribution in [3.63, 3.8) is 0 Å². The number of carbonyl (C=O) groups excluding carboxylic acids is 1. The molecule has 0 fully saturated rings. The molecular weight excluding hydrogens is 387 g/mol. The first-order valence-corrected chi connectivity index (χ1v) is 11.3. The summed E-state index contributed by atoms with van der Waals surface area (Å²) in [5.74, 6) is -0.154. The fraction of sp³-hybridized carbons (Fsp3) is 0.370. The number of hydrogen-bond donors (Lipinski definition) is 0. The van der Waals surface area contributed by atoms with Crippen LogP contribution in [0.5, 0.6) is 0 Å². The van der Waals surface area contributed by atoms with Gasteiger partial charge in [-0.3, -0.25) is 4.79 Å².